The summed E-state index contributed by atoms with van der Waals surface area (Å²) in [6.07, 6.45) is 8.81. The number of hydrogen-bond donors (Lipinski definition) is 1. The van der Waals surface area contributed by atoms with Gasteiger partial charge in [0, 0.05) is 0 Å². The second kappa shape index (κ2) is 4.62. The standard InChI is InChI=1S/C12H24OSi/c1-14(2,3)11-7-10-12(13)8-5-4-6-9-12/h7,11,13H,4-6,8-10H2,1-3H3/b11-7-. The van der Waals surface area contributed by atoms with Gasteiger partial charge < -0.3 is 5.11 Å². The molecule has 0 aromatic heterocycles. The van der Waals surface area contributed by atoms with Gasteiger partial charge in [-0.2, -0.15) is 0 Å². The van der Waals surface area contributed by atoms with Crippen molar-refractivity contribution in [2.24, 2.45) is 0 Å². The van der Waals surface area contributed by atoms with Gasteiger partial charge in [0.2, 0.25) is 0 Å². The van der Waals surface area contributed by atoms with Gasteiger partial charge in [0.15, 0.2) is 0 Å². The summed E-state index contributed by atoms with van der Waals surface area (Å²) in [4.78, 5) is 0. The first kappa shape index (κ1) is 12.0. The van der Waals surface area contributed by atoms with Gasteiger partial charge in [0.25, 0.3) is 0 Å². The van der Waals surface area contributed by atoms with Crippen LogP contribution in [-0.4, -0.2) is 18.8 Å². The zero-order valence-electron chi connectivity index (χ0n) is 9.84. The van der Waals surface area contributed by atoms with E-state index in [0.717, 1.165) is 19.3 Å². The van der Waals surface area contributed by atoms with Crippen molar-refractivity contribution in [3.05, 3.63) is 11.8 Å². The molecule has 0 heterocycles. The van der Waals surface area contributed by atoms with Crippen LogP contribution < -0.4 is 0 Å². The van der Waals surface area contributed by atoms with Gasteiger partial charge in [-0.1, -0.05) is 50.7 Å². The maximum atomic E-state index is 10.2. The van der Waals surface area contributed by atoms with Crippen LogP contribution in [0.2, 0.25) is 19.6 Å². The Balaban J connectivity index is 2.39. The van der Waals surface area contributed by atoms with Gasteiger partial charge in [-0.3, -0.25) is 0 Å². The van der Waals surface area contributed by atoms with Crippen molar-refractivity contribution in [3.63, 3.8) is 0 Å². The van der Waals surface area contributed by atoms with Crippen LogP contribution in [-0.2, 0) is 0 Å². The average Bonchev–Trinajstić information content (AvgIpc) is 2.02. The van der Waals surface area contributed by atoms with Gasteiger partial charge in [0.1, 0.15) is 0 Å². The van der Waals surface area contributed by atoms with Crippen LogP contribution in [0.4, 0.5) is 0 Å². The van der Waals surface area contributed by atoms with Crippen LogP contribution in [0.25, 0.3) is 0 Å². The Morgan fingerprint density at radius 3 is 2.21 bits per heavy atom. The molecule has 1 nitrogen and oxygen atoms in total. The van der Waals surface area contributed by atoms with Crippen molar-refractivity contribution in [3.8, 4) is 0 Å². The minimum Gasteiger partial charge on any atom is -0.390 e. The minimum atomic E-state index is -1.07. The van der Waals surface area contributed by atoms with Gasteiger partial charge in [-0.25, -0.2) is 0 Å². The number of hydrogen-bond acceptors (Lipinski definition) is 1. The Morgan fingerprint density at radius 2 is 1.71 bits per heavy atom. The molecule has 0 amide bonds. The van der Waals surface area contributed by atoms with Crippen molar-refractivity contribution in [2.45, 2.75) is 63.8 Å². The molecule has 2 heteroatoms. The first-order valence-corrected chi connectivity index (χ1v) is 9.39. The molecule has 1 rings (SSSR count). The fourth-order valence-electron chi connectivity index (χ4n) is 2.05. The summed E-state index contributed by atoms with van der Waals surface area (Å²) >= 11 is 0. The van der Waals surface area contributed by atoms with Crippen LogP contribution in [0.1, 0.15) is 38.5 Å². The largest absolute Gasteiger partial charge is 0.390 e. The summed E-state index contributed by atoms with van der Waals surface area (Å²) in [5.41, 5.74) is 1.98. The third kappa shape index (κ3) is 4.42. The van der Waals surface area contributed by atoms with Crippen LogP contribution in [0.15, 0.2) is 11.8 Å². The predicted molar refractivity (Wildman–Crippen MR) is 65.1 cm³/mol. The highest BCUT2D eigenvalue weighted by atomic mass is 28.3. The fourth-order valence-corrected chi connectivity index (χ4v) is 2.87. The average molecular weight is 212 g/mol. The fraction of sp³-hybridized carbons (Fsp3) is 0.833. The predicted octanol–water partition coefficient (Wildman–Crippen LogP) is 3.51. The van der Waals surface area contributed by atoms with E-state index in [-0.39, 0.29) is 5.60 Å². The third-order valence-corrected chi connectivity index (χ3v) is 4.14. The Morgan fingerprint density at radius 1 is 1.14 bits per heavy atom. The van der Waals surface area contributed by atoms with E-state index in [4.69, 9.17) is 0 Å². The summed E-state index contributed by atoms with van der Waals surface area (Å²) in [5, 5.41) is 10.2. The van der Waals surface area contributed by atoms with E-state index in [1.54, 1.807) is 0 Å². The first-order valence-electron chi connectivity index (χ1n) is 5.81. The molecular formula is C12H24OSi. The van der Waals surface area contributed by atoms with Gasteiger partial charge in [-0.05, 0) is 19.3 Å². The number of rotatable bonds is 3. The monoisotopic (exact) mass is 212 g/mol. The van der Waals surface area contributed by atoms with Crippen LogP contribution in [0, 0.1) is 0 Å². The lowest BCUT2D eigenvalue weighted by molar-refractivity contribution is 0.00698. The summed E-state index contributed by atoms with van der Waals surface area (Å²) in [7, 11) is -1.07. The topological polar surface area (TPSA) is 20.2 Å². The Kier molecular flexibility index (Phi) is 3.96. The maximum Gasteiger partial charge on any atom is 0.0682 e. The molecule has 82 valence electrons. The van der Waals surface area contributed by atoms with Crippen molar-refractivity contribution < 1.29 is 5.11 Å². The quantitative estimate of drug-likeness (QED) is 0.710. The van der Waals surface area contributed by atoms with Crippen molar-refractivity contribution in [1.82, 2.24) is 0 Å². The maximum absolute atomic E-state index is 10.2. The normalized spacial score (nSPS) is 22.9. The van der Waals surface area contributed by atoms with E-state index in [9.17, 15) is 5.11 Å². The zero-order chi connectivity index (χ0) is 10.7. The Bertz CT molecular complexity index is 197. The first-order chi connectivity index (χ1) is 6.41. The summed E-state index contributed by atoms with van der Waals surface area (Å²) < 4.78 is 0. The molecule has 1 fully saturated rings. The van der Waals surface area contributed by atoms with Gasteiger partial charge >= 0.3 is 0 Å². The Labute approximate surface area is 89.2 Å². The molecule has 1 aliphatic rings. The molecule has 1 N–H and O–H groups in total. The molecule has 0 atom stereocenters. The molecule has 0 saturated heterocycles. The van der Waals surface area contributed by atoms with Crippen molar-refractivity contribution in [2.75, 3.05) is 0 Å². The van der Waals surface area contributed by atoms with E-state index >= 15 is 0 Å². The molecular weight excluding hydrogens is 188 g/mol. The summed E-state index contributed by atoms with van der Waals surface area (Å²) in [5.74, 6) is 0. The van der Waals surface area contributed by atoms with Crippen LogP contribution >= 0.6 is 0 Å². The molecule has 14 heavy (non-hydrogen) atoms. The minimum absolute atomic E-state index is 0.367. The molecule has 0 aromatic rings. The Hall–Kier alpha value is -0.0831. The molecule has 1 aliphatic carbocycles. The molecule has 0 aromatic carbocycles. The van der Waals surface area contributed by atoms with Crippen molar-refractivity contribution >= 4 is 8.07 Å². The third-order valence-electron chi connectivity index (χ3n) is 2.90. The van der Waals surface area contributed by atoms with E-state index < -0.39 is 8.07 Å². The lowest BCUT2D eigenvalue weighted by atomic mass is 9.83. The second-order valence-corrected chi connectivity index (χ2v) is 10.8. The van der Waals surface area contributed by atoms with Crippen LogP contribution in [0.3, 0.4) is 0 Å². The summed E-state index contributed by atoms with van der Waals surface area (Å²) in [6, 6.07) is 0. The number of aliphatic hydroxyl groups is 1. The van der Waals surface area contributed by atoms with Crippen LogP contribution in [0.5, 0.6) is 0 Å². The van der Waals surface area contributed by atoms with Gasteiger partial charge in [-0.15, -0.1) is 0 Å². The summed E-state index contributed by atoms with van der Waals surface area (Å²) in [6.45, 7) is 6.98. The van der Waals surface area contributed by atoms with Crippen molar-refractivity contribution in [1.29, 1.82) is 0 Å². The highest BCUT2D eigenvalue weighted by molar-refractivity contribution is 6.80. The van der Waals surface area contributed by atoms with E-state index in [1.165, 1.54) is 19.3 Å². The molecule has 0 unspecified atom stereocenters. The lowest BCUT2D eigenvalue weighted by Crippen LogP contribution is -2.30. The highest BCUT2D eigenvalue weighted by Gasteiger charge is 2.27. The highest BCUT2D eigenvalue weighted by Crippen LogP contribution is 2.31. The SMILES string of the molecule is C[Si](C)(C)/C=C\CC1(O)CCCCC1. The second-order valence-electron chi connectivity index (χ2n) is 5.76. The molecule has 0 radical (unpaired) electrons. The molecule has 0 bridgehead atoms. The zero-order valence-corrected chi connectivity index (χ0v) is 10.8. The van der Waals surface area contributed by atoms with E-state index in [2.05, 4.69) is 31.4 Å². The van der Waals surface area contributed by atoms with Gasteiger partial charge in [0.05, 0.1) is 13.7 Å². The van der Waals surface area contributed by atoms with E-state index in [0.29, 0.717) is 0 Å². The van der Waals surface area contributed by atoms with E-state index in [1.807, 2.05) is 0 Å². The molecule has 0 spiro atoms. The molecule has 1 saturated carbocycles. The lowest BCUT2D eigenvalue weighted by Gasteiger charge is -2.31. The molecule has 0 aliphatic heterocycles. The smallest absolute Gasteiger partial charge is 0.0682 e.